The molecule has 139 heavy (non-hydrogen) atoms. The maximum atomic E-state index is 13.6. The van der Waals surface area contributed by atoms with Gasteiger partial charge in [0.05, 0.1) is 0 Å². The van der Waals surface area contributed by atoms with E-state index in [0.717, 1.165) is 0 Å². The summed E-state index contributed by atoms with van der Waals surface area (Å²) >= 11 is 3.17. The normalized spacial score (nSPS) is 10.7. The highest BCUT2D eigenvalue weighted by Gasteiger charge is 2.24. The standard InChI is InChI=1S/2C21H22FN3O3.C18H20FNO3.C13H12FNO.C11H15NO3.C8H10N2O2.C7H6BrF.C6H7NO/c2*1-21(2,3)18-12-19(25-28-18)24-20(26)23-15-8-10-16(11-9-15)27-13-14-6-4-5-7-17(14)22;1-18(2,3)23-17(21)20-14-8-10-15(11-9-14)22-12-13-6-4-5-7-16(13)19;14-13-4-2-1-3-10(13)9-16-12-7-5-11(15)6-8-12;1-11(2,3)15-10(14)12-8-4-6-9(13)7-5-8;1-8(2,3)6-4-7(9-5-11)10-12-6;8-5-6-3-1-2-4-7(6)9;7-5-1-3-6(8)4-2-5/h2*4-12H,13H2,1-3H3,(H2,23,24,25,26);4-11H,12H2,1-3H3,(H,20,21);1-8H,9,15H2;4-7,13H,1-3H3,(H,12,14);4H,1-3H3;1-4H,5H2;1-4,8H,7H2. The van der Waals surface area contributed by atoms with Crippen molar-refractivity contribution in [3.05, 3.63) is 359 Å². The Bertz CT molecular complexity index is 6020. The molecule has 0 spiro atoms. The molecule has 34 heteroatoms. The number of halogens is 6. The number of ether oxygens (including phenoxy) is 6. The molecular weight excluding hydrogens is 1860 g/mol. The summed E-state index contributed by atoms with van der Waals surface area (Å²) in [5, 5.41) is 45.4. The zero-order valence-corrected chi connectivity index (χ0v) is 81.1. The van der Waals surface area contributed by atoms with Crippen LogP contribution in [0.1, 0.15) is 149 Å². The van der Waals surface area contributed by atoms with E-state index in [1.165, 1.54) is 48.5 Å². The molecule has 732 valence electrons. The molecule has 14 aromatic rings. The predicted molar refractivity (Wildman–Crippen MR) is 531 cm³/mol. The van der Waals surface area contributed by atoms with Crippen molar-refractivity contribution in [3.63, 3.8) is 0 Å². The molecule has 3 aromatic heterocycles. The molecule has 0 aliphatic carbocycles. The van der Waals surface area contributed by atoms with E-state index in [9.17, 15) is 45.9 Å². The number of amides is 6. The van der Waals surface area contributed by atoms with Crippen LogP contribution in [0, 0.1) is 29.1 Å². The molecule has 3 heterocycles. The van der Waals surface area contributed by atoms with Gasteiger partial charge in [-0.25, -0.2) is 45.9 Å². The van der Waals surface area contributed by atoms with E-state index in [2.05, 4.69) is 68.3 Å². The second-order valence-corrected chi connectivity index (χ2v) is 35.7. The van der Waals surface area contributed by atoms with E-state index in [-0.39, 0.29) is 89.1 Å². The fourth-order valence-corrected chi connectivity index (χ4v) is 11.1. The molecular formula is C105H114BrF5N12O16. The van der Waals surface area contributed by atoms with Crippen molar-refractivity contribution in [3.8, 4) is 34.5 Å². The molecule has 6 amide bonds. The van der Waals surface area contributed by atoms with E-state index in [4.69, 9.17) is 63.7 Å². The quantitative estimate of drug-likeness (QED) is 0.00846. The number of nitrogen functional groups attached to an aromatic ring is 2. The SMILES string of the molecule is CC(C)(C)OC(=O)Nc1ccc(O)cc1.CC(C)(C)OC(=O)Nc1ccc(OCc2ccccc2F)cc1.CC(C)(C)c1cc(N=C=O)no1.CC(C)(C)c1cc(NC(=O)Nc2ccc(OCc3ccccc3F)cc2)no1.CC(C)(C)c1cc(NC(=O)Nc2ccc(OCc3ccccc3F)cc2)no1.Fc1ccccc1CBr.Nc1ccc(O)cc1.Nc1ccc(OCc2ccccc2F)cc1. The molecule has 0 radical (unpaired) electrons. The molecule has 0 bridgehead atoms. The van der Waals surface area contributed by atoms with Gasteiger partial charge in [-0.05, 0) is 223 Å². The number of isocyanates is 1. The Morgan fingerprint density at radius 3 is 0.856 bits per heavy atom. The number of aliphatic imine (C=N–C) groups is 1. The zero-order valence-electron chi connectivity index (χ0n) is 79.5. The molecule has 28 nitrogen and oxygen atoms in total. The lowest BCUT2D eigenvalue weighted by Crippen LogP contribution is -2.27. The Labute approximate surface area is 812 Å². The Morgan fingerprint density at radius 1 is 0.353 bits per heavy atom. The molecule has 12 N–H and O–H groups in total. The van der Waals surface area contributed by atoms with Gasteiger partial charge in [0.25, 0.3) is 0 Å². The van der Waals surface area contributed by atoms with Crippen LogP contribution in [0.15, 0.2) is 304 Å². The van der Waals surface area contributed by atoms with Gasteiger partial charge < -0.3 is 74.3 Å². The molecule has 0 fully saturated rings. The fraction of sp³-hybridized carbons (Fsp3) is 0.238. The number of aromatic nitrogens is 3. The highest BCUT2D eigenvalue weighted by Crippen LogP contribution is 2.30. The molecule has 0 aliphatic heterocycles. The van der Waals surface area contributed by atoms with E-state index >= 15 is 0 Å². The highest BCUT2D eigenvalue weighted by molar-refractivity contribution is 9.08. The molecule has 0 atom stereocenters. The first-order valence-corrected chi connectivity index (χ1v) is 44.3. The van der Waals surface area contributed by atoms with Crippen molar-refractivity contribution in [2.75, 3.05) is 43.4 Å². The van der Waals surface area contributed by atoms with Crippen molar-refractivity contribution in [2.45, 2.75) is 163 Å². The van der Waals surface area contributed by atoms with Crippen molar-refractivity contribution >= 4 is 97.8 Å². The van der Waals surface area contributed by atoms with Crippen molar-refractivity contribution in [2.24, 2.45) is 4.99 Å². The largest absolute Gasteiger partial charge is 0.508 e. The summed E-state index contributed by atoms with van der Waals surface area (Å²) in [6.07, 6.45) is 0.379. The fourth-order valence-electron chi connectivity index (χ4n) is 10.7. The van der Waals surface area contributed by atoms with Gasteiger partial charge in [-0.2, -0.15) is 0 Å². The lowest BCUT2D eigenvalue weighted by molar-refractivity contribution is 0.0624. The predicted octanol–water partition coefficient (Wildman–Crippen LogP) is 26.8. The summed E-state index contributed by atoms with van der Waals surface area (Å²) in [6, 6.07) is 76.7. The maximum Gasteiger partial charge on any atom is 0.412 e. The number of urea groups is 2. The molecule has 0 aliphatic rings. The number of aromatic hydroxyl groups is 2. The van der Waals surface area contributed by atoms with Crippen LogP contribution in [-0.2, 0) is 62.3 Å². The Balaban J connectivity index is 0.000000223. The Kier molecular flexibility index (Phi) is 42.7. The van der Waals surface area contributed by atoms with E-state index in [0.29, 0.717) is 119 Å². The molecule has 0 unspecified atom stereocenters. The summed E-state index contributed by atoms with van der Waals surface area (Å²) in [7, 11) is 0. The first-order chi connectivity index (χ1) is 65.7. The van der Waals surface area contributed by atoms with Gasteiger partial charge in [0.1, 0.15) is 118 Å². The number of anilines is 8. The topological polar surface area (TPSA) is 396 Å². The Hall–Kier alpha value is -16.0. The second kappa shape index (κ2) is 54.0. The average Bonchev–Trinajstić information content (AvgIpc) is 1.72. The van der Waals surface area contributed by atoms with Gasteiger partial charge in [0, 0.05) is 96.2 Å². The smallest absolute Gasteiger partial charge is 0.412 e. The summed E-state index contributed by atoms with van der Waals surface area (Å²) < 4.78 is 114. The number of benzene rings is 11. The summed E-state index contributed by atoms with van der Waals surface area (Å²) in [5.41, 5.74) is 15.7. The minimum absolute atomic E-state index is 0.107. The second-order valence-electron chi connectivity index (χ2n) is 35.1. The third-order valence-corrected chi connectivity index (χ3v) is 18.5. The number of rotatable bonds is 20. The summed E-state index contributed by atoms with van der Waals surface area (Å²) in [4.78, 5) is 60.4. The molecule has 0 saturated carbocycles. The monoisotopic (exact) mass is 1970 g/mol. The number of carbonyl (C=O) groups is 4. The van der Waals surface area contributed by atoms with Gasteiger partial charge >= 0.3 is 24.2 Å². The third-order valence-electron chi connectivity index (χ3n) is 17.9. The van der Waals surface area contributed by atoms with Gasteiger partial charge in [0.2, 0.25) is 11.9 Å². The Morgan fingerprint density at radius 2 is 0.604 bits per heavy atom. The van der Waals surface area contributed by atoms with Crippen LogP contribution >= 0.6 is 15.9 Å². The van der Waals surface area contributed by atoms with Crippen LogP contribution in [0.2, 0.25) is 0 Å². The van der Waals surface area contributed by atoms with Crippen LogP contribution in [-0.4, -0.2) is 67.2 Å². The van der Waals surface area contributed by atoms with Gasteiger partial charge in [-0.3, -0.25) is 21.3 Å². The summed E-state index contributed by atoms with van der Waals surface area (Å²) in [5.74, 6) is 4.53. The highest BCUT2D eigenvalue weighted by atomic mass is 79.9. The van der Waals surface area contributed by atoms with Crippen molar-refractivity contribution < 1.29 is 98.1 Å². The van der Waals surface area contributed by atoms with Crippen molar-refractivity contribution in [1.82, 2.24) is 15.5 Å². The zero-order chi connectivity index (χ0) is 102. The van der Waals surface area contributed by atoms with Crippen LogP contribution in [0.3, 0.4) is 0 Å². The molecule has 14 rings (SSSR count). The number of phenolic OH excluding ortho intramolecular Hbond substituents is 2. The number of hydrogen-bond acceptors (Lipinski definition) is 22. The number of nitrogens with two attached hydrogens (primary N) is 2. The molecule has 0 saturated heterocycles. The van der Waals surface area contributed by atoms with E-state index in [1.54, 1.807) is 278 Å². The minimum atomic E-state index is -0.549. The van der Waals surface area contributed by atoms with Gasteiger partial charge in [-0.1, -0.05) is 185 Å². The van der Waals surface area contributed by atoms with Gasteiger partial charge in [-0.15, -0.1) is 4.99 Å². The lowest BCUT2D eigenvalue weighted by Gasteiger charge is -2.19. The van der Waals surface area contributed by atoms with Crippen molar-refractivity contribution in [1.29, 1.82) is 0 Å². The van der Waals surface area contributed by atoms with Crippen LogP contribution < -0.4 is 62.3 Å². The average molecular weight is 1980 g/mol. The number of carbonyl (C=O) groups excluding carboxylic acids is 5. The van der Waals surface area contributed by atoms with Crippen LogP contribution in [0.25, 0.3) is 0 Å². The van der Waals surface area contributed by atoms with E-state index in [1.807, 2.05) is 68.4 Å². The minimum Gasteiger partial charge on any atom is -0.508 e. The first-order valence-electron chi connectivity index (χ1n) is 43.1. The van der Waals surface area contributed by atoms with Gasteiger partial charge in [0.15, 0.2) is 11.6 Å². The molecule has 11 aromatic carbocycles. The number of nitrogens with zero attached hydrogens (tertiary/aromatic N) is 4. The first kappa shape index (κ1) is 110. The summed E-state index contributed by atoms with van der Waals surface area (Å²) in [6.45, 7) is 29.3. The van der Waals surface area contributed by atoms with E-state index < -0.39 is 35.5 Å². The van der Waals surface area contributed by atoms with Crippen LogP contribution in [0.4, 0.5) is 92.7 Å². The number of alkyl halides is 1. The van der Waals surface area contributed by atoms with Crippen LogP contribution in [0.5, 0.6) is 34.5 Å². The number of nitrogens with one attached hydrogen (secondary N) is 6. The maximum absolute atomic E-state index is 13.6. The lowest BCUT2D eigenvalue weighted by atomic mass is 9.93. The number of hydrogen-bond donors (Lipinski definition) is 10. The third kappa shape index (κ3) is 42.7. The number of phenols is 2.